The number of hydrogen-bond donors (Lipinski definition) is 1. The summed E-state index contributed by atoms with van der Waals surface area (Å²) in [4.78, 5) is 17.1. The molecule has 7 nitrogen and oxygen atoms in total. The Kier molecular flexibility index (Phi) is 5.44. The summed E-state index contributed by atoms with van der Waals surface area (Å²) in [5.41, 5.74) is 1.49. The first kappa shape index (κ1) is 20.9. The molecule has 0 saturated carbocycles. The van der Waals surface area contributed by atoms with Gasteiger partial charge >= 0.3 is 6.18 Å². The van der Waals surface area contributed by atoms with Crippen molar-refractivity contribution >= 4 is 27.3 Å². The third kappa shape index (κ3) is 4.78. The standard InChI is InChI=1S/C18H18F3N3O4S/c1-11-7-13-8-15(4-5-16(13)24(11)12(2)25)29(26,27)23-14-3-6-17(22-9-14)28-10-18(19,20)21/h3-6,8-9,11,23H,7,10H2,1-2H3. The van der Waals surface area contributed by atoms with Crippen molar-refractivity contribution in [3.63, 3.8) is 0 Å². The summed E-state index contributed by atoms with van der Waals surface area (Å²) >= 11 is 0. The van der Waals surface area contributed by atoms with E-state index in [1.807, 2.05) is 6.92 Å². The highest BCUT2D eigenvalue weighted by molar-refractivity contribution is 7.92. The number of fused-ring (bicyclic) bond motifs is 1. The number of benzene rings is 1. The first-order chi connectivity index (χ1) is 13.5. The molecule has 1 atom stereocenters. The van der Waals surface area contributed by atoms with E-state index in [0.717, 1.165) is 17.8 Å². The van der Waals surface area contributed by atoms with E-state index in [1.165, 1.54) is 25.1 Å². The minimum atomic E-state index is -4.50. The van der Waals surface area contributed by atoms with Gasteiger partial charge in [-0.2, -0.15) is 13.2 Å². The van der Waals surface area contributed by atoms with Crippen LogP contribution in [0.2, 0.25) is 0 Å². The number of sulfonamides is 1. The molecule has 2 aromatic rings. The van der Waals surface area contributed by atoms with Gasteiger partial charge in [0.2, 0.25) is 11.8 Å². The van der Waals surface area contributed by atoms with Crippen molar-refractivity contribution < 1.29 is 31.1 Å². The fourth-order valence-corrected chi connectivity index (χ4v) is 4.24. The minimum absolute atomic E-state index is 0.00579. The van der Waals surface area contributed by atoms with Gasteiger partial charge in [0.15, 0.2) is 6.61 Å². The largest absolute Gasteiger partial charge is 0.468 e. The molecule has 1 amide bonds. The zero-order chi connectivity index (χ0) is 21.4. The first-order valence-corrected chi connectivity index (χ1v) is 10.1. The lowest BCUT2D eigenvalue weighted by atomic mass is 10.1. The number of halogens is 3. The molecule has 0 fully saturated rings. The summed E-state index contributed by atoms with van der Waals surface area (Å²) in [6, 6.07) is 6.81. The molecule has 0 saturated heterocycles. The van der Waals surface area contributed by atoms with Crippen molar-refractivity contribution in [1.29, 1.82) is 0 Å². The lowest BCUT2D eigenvalue weighted by molar-refractivity contribution is -0.154. The topological polar surface area (TPSA) is 88.6 Å². The van der Waals surface area contributed by atoms with Gasteiger partial charge in [-0.25, -0.2) is 13.4 Å². The van der Waals surface area contributed by atoms with Crippen LogP contribution in [-0.2, 0) is 21.2 Å². The average Bonchev–Trinajstić information content (AvgIpc) is 2.95. The fraction of sp³-hybridized carbons (Fsp3) is 0.333. The molecule has 1 unspecified atom stereocenters. The highest BCUT2D eigenvalue weighted by Gasteiger charge is 2.30. The second-order valence-corrected chi connectivity index (χ2v) is 8.31. The van der Waals surface area contributed by atoms with E-state index in [1.54, 1.807) is 11.0 Å². The Morgan fingerprint density at radius 3 is 2.62 bits per heavy atom. The summed E-state index contributed by atoms with van der Waals surface area (Å²) in [5, 5.41) is 0. The Balaban J connectivity index is 1.75. The van der Waals surface area contributed by atoms with Gasteiger partial charge in [-0.15, -0.1) is 0 Å². The number of aromatic nitrogens is 1. The van der Waals surface area contributed by atoms with E-state index in [-0.39, 0.29) is 28.4 Å². The normalized spacial score (nSPS) is 16.4. The van der Waals surface area contributed by atoms with Crippen molar-refractivity contribution in [2.75, 3.05) is 16.2 Å². The number of anilines is 2. The Bertz CT molecular complexity index is 1020. The summed E-state index contributed by atoms with van der Waals surface area (Å²) in [5.74, 6) is -0.398. The monoisotopic (exact) mass is 429 g/mol. The highest BCUT2D eigenvalue weighted by Crippen LogP contribution is 2.34. The Morgan fingerprint density at radius 1 is 1.31 bits per heavy atom. The van der Waals surface area contributed by atoms with Gasteiger partial charge in [-0.05, 0) is 43.2 Å². The third-order valence-electron chi connectivity index (χ3n) is 4.29. The summed E-state index contributed by atoms with van der Waals surface area (Å²) in [6.45, 7) is 1.84. The van der Waals surface area contributed by atoms with Crippen molar-refractivity contribution in [2.45, 2.75) is 37.4 Å². The van der Waals surface area contributed by atoms with E-state index in [9.17, 15) is 26.4 Å². The summed E-state index contributed by atoms with van der Waals surface area (Å²) < 4.78 is 68.5. The number of nitrogens with one attached hydrogen (secondary N) is 1. The molecular formula is C18H18F3N3O4S. The van der Waals surface area contributed by atoms with Crippen molar-refractivity contribution in [3.8, 4) is 5.88 Å². The molecule has 1 aliphatic rings. The van der Waals surface area contributed by atoms with Crippen molar-refractivity contribution in [2.24, 2.45) is 0 Å². The molecular weight excluding hydrogens is 411 g/mol. The summed E-state index contributed by atoms with van der Waals surface area (Å²) in [7, 11) is -3.95. The van der Waals surface area contributed by atoms with Crippen LogP contribution in [-0.4, -0.2) is 38.1 Å². The maximum atomic E-state index is 12.6. The van der Waals surface area contributed by atoms with Crippen LogP contribution in [0.1, 0.15) is 19.4 Å². The van der Waals surface area contributed by atoms with Crippen LogP contribution in [0.25, 0.3) is 0 Å². The smallest absolute Gasteiger partial charge is 0.422 e. The van der Waals surface area contributed by atoms with Crippen LogP contribution < -0.4 is 14.4 Å². The van der Waals surface area contributed by atoms with Crippen LogP contribution in [0.15, 0.2) is 41.4 Å². The van der Waals surface area contributed by atoms with Crippen molar-refractivity contribution in [3.05, 3.63) is 42.1 Å². The lowest BCUT2D eigenvalue weighted by Crippen LogP contribution is -2.33. The first-order valence-electron chi connectivity index (χ1n) is 8.57. The zero-order valence-corrected chi connectivity index (χ0v) is 16.3. The molecule has 1 aromatic carbocycles. The van der Waals surface area contributed by atoms with E-state index >= 15 is 0 Å². The fourth-order valence-electron chi connectivity index (χ4n) is 3.15. The van der Waals surface area contributed by atoms with Gasteiger partial charge in [-0.3, -0.25) is 9.52 Å². The van der Waals surface area contributed by atoms with Crippen LogP contribution in [0.3, 0.4) is 0 Å². The van der Waals surface area contributed by atoms with Gasteiger partial charge < -0.3 is 9.64 Å². The van der Waals surface area contributed by atoms with Gasteiger partial charge in [0.25, 0.3) is 10.0 Å². The van der Waals surface area contributed by atoms with Crippen LogP contribution in [0.4, 0.5) is 24.5 Å². The van der Waals surface area contributed by atoms with E-state index < -0.39 is 22.8 Å². The molecule has 1 aliphatic heterocycles. The van der Waals surface area contributed by atoms with E-state index in [2.05, 4.69) is 14.4 Å². The predicted octanol–water partition coefficient (Wildman–Crippen LogP) is 3.12. The number of nitrogens with zero attached hydrogens (tertiary/aromatic N) is 2. The molecule has 0 bridgehead atoms. The molecule has 0 aliphatic carbocycles. The number of rotatable bonds is 5. The van der Waals surface area contributed by atoms with E-state index in [4.69, 9.17) is 0 Å². The summed E-state index contributed by atoms with van der Waals surface area (Å²) in [6.07, 6.45) is -2.90. The van der Waals surface area contributed by atoms with Gasteiger partial charge in [0, 0.05) is 24.7 Å². The molecule has 0 spiro atoms. The molecule has 29 heavy (non-hydrogen) atoms. The minimum Gasteiger partial charge on any atom is -0.468 e. The molecule has 0 radical (unpaired) electrons. The molecule has 1 aromatic heterocycles. The number of carbonyl (C=O) groups excluding carboxylic acids is 1. The molecule has 1 N–H and O–H groups in total. The van der Waals surface area contributed by atoms with Gasteiger partial charge in [-0.1, -0.05) is 0 Å². The number of ether oxygens (including phenoxy) is 1. The van der Waals surface area contributed by atoms with Gasteiger partial charge in [0.05, 0.1) is 16.8 Å². The van der Waals surface area contributed by atoms with Crippen LogP contribution in [0.5, 0.6) is 5.88 Å². The number of hydrogen-bond acceptors (Lipinski definition) is 5. The Morgan fingerprint density at radius 2 is 2.03 bits per heavy atom. The number of pyridine rings is 1. The molecule has 156 valence electrons. The molecule has 3 rings (SSSR count). The number of carbonyl (C=O) groups is 1. The van der Waals surface area contributed by atoms with Gasteiger partial charge in [0.1, 0.15) is 0 Å². The van der Waals surface area contributed by atoms with Crippen LogP contribution in [0, 0.1) is 0 Å². The maximum Gasteiger partial charge on any atom is 0.422 e. The van der Waals surface area contributed by atoms with Crippen LogP contribution >= 0.6 is 0 Å². The second-order valence-electron chi connectivity index (χ2n) is 6.63. The Hall–Kier alpha value is -2.82. The predicted molar refractivity (Wildman–Crippen MR) is 99.4 cm³/mol. The van der Waals surface area contributed by atoms with E-state index in [0.29, 0.717) is 12.1 Å². The molecule has 11 heteroatoms. The number of alkyl halides is 3. The van der Waals surface area contributed by atoms with Crippen molar-refractivity contribution in [1.82, 2.24) is 4.98 Å². The second kappa shape index (κ2) is 7.54. The zero-order valence-electron chi connectivity index (χ0n) is 15.5. The number of amides is 1. The SMILES string of the molecule is CC(=O)N1c2ccc(S(=O)(=O)Nc3ccc(OCC(F)(F)F)nc3)cc2CC1C. The highest BCUT2D eigenvalue weighted by atomic mass is 32.2. The Labute approximate surface area is 165 Å². The lowest BCUT2D eigenvalue weighted by Gasteiger charge is -2.20. The average molecular weight is 429 g/mol. The molecule has 2 heterocycles. The third-order valence-corrected chi connectivity index (χ3v) is 5.67. The quantitative estimate of drug-likeness (QED) is 0.789. The maximum absolute atomic E-state index is 12.6.